The van der Waals surface area contributed by atoms with E-state index in [-0.39, 0.29) is 17.9 Å². The number of piperidine rings is 1. The van der Waals surface area contributed by atoms with E-state index in [9.17, 15) is 9.90 Å². The summed E-state index contributed by atoms with van der Waals surface area (Å²) in [5.41, 5.74) is 0. The van der Waals surface area contributed by atoms with Gasteiger partial charge >= 0.3 is 0 Å². The van der Waals surface area contributed by atoms with E-state index >= 15 is 0 Å². The summed E-state index contributed by atoms with van der Waals surface area (Å²) in [6.07, 6.45) is 1.45. The smallest absolute Gasteiger partial charge is 0.227 e. The van der Waals surface area contributed by atoms with Crippen molar-refractivity contribution >= 4 is 5.91 Å². The lowest BCUT2D eigenvalue weighted by atomic mass is 9.95. The minimum Gasteiger partial charge on any atom is -0.391 e. The van der Waals surface area contributed by atoms with Crippen molar-refractivity contribution in [2.24, 2.45) is 11.8 Å². The Labute approximate surface area is 90.6 Å². The number of likely N-dealkylation sites (tertiary alicyclic amines) is 1. The quantitative estimate of drug-likeness (QED) is 0.634. The molecule has 2 saturated heterocycles. The van der Waals surface area contributed by atoms with Gasteiger partial charge in [-0.25, -0.2) is 0 Å². The molecule has 86 valence electrons. The van der Waals surface area contributed by atoms with Crippen LogP contribution < -0.4 is 5.32 Å². The Hall–Kier alpha value is -0.610. The van der Waals surface area contributed by atoms with Crippen LogP contribution in [0.3, 0.4) is 0 Å². The normalized spacial score (nSPS) is 36.9. The second-order valence-electron chi connectivity index (χ2n) is 4.82. The Morgan fingerprint density at radius 1 is 1.47 bits per heavy atom. The van der Waals surface area contributed by atoms with E-state index in [1.165, 1.54) is 0 Å². The van der Waals surface area contributed by atoms with Crippen molar-refractivity contribution in [2.75, 3.05) is 26.2 Å². The molecule has 0 aliphatic carbocycles. The lowest BCUT2D eigenvalue weighted by Crippen LogP contribution is -2.46. The maximum absolute atomic E-state index is 12.1. The van der Waals surface area contributed by atoms with Crippen LogP contribution in [0.4, 0.5) is 0 Å². The van der Waals surface area contributed by atoms with E-state index in [1.807, 2.05) is 4.90 Å². The van der Waals surface area contributed by atoms with Crippen molar-refractivity contribution < 1.29 is 9.90 Å². The van der Waals surface area contributed by atoms with Crippen molar-refractivity contribution in [3.8, 4) is 0 Å². The van der Waals surface area contributed by atoms with Crippen molar-refractivity contribution in [3.63, 3.8) is 0 Å². The molecule has 2 heterocycles. The topological polar surface area (TPSA) is 52.6 Å². The van der Waals surface area contributed by atoms with Gasteiger partial charge in [0.05, 0.1) is 12.0 Å². The Balaban J connectivity index is 1.94. The number of nitrogens with one attached hydrogen (secondary N) is 1. The van der Waals surface area contributed by atoms with Gasteiger partial charge in [-0.15, -0.1) is 0 Å². The minimum absolute atomic E-state index is 0.121. The molecular formula is C11H20N2O2. The average Bonchev–Trinajstić information content (AvgIpc) is 2.63. The van der Waals surface area contributed by atoms with Crippen LogP contribution in [-0.2, 0) is 4.79 Å². The standard InChI is InChI=1S/C11H20N2O2/c1-8-5-12-6-10(8)11(15)13-4-2-3-9(14)7-13/h8-10,12,14H,2-7H2,1H3/t8-,9?,10-/m1/s1. The molecule has 2 aliphatic rings. The summed E-state index contributed by atoms with van der Waals surface area (Å²) in [6.45, 7) is 5.20. The van der Waals surface area contributed by atoms with Crippen molar-refractivity contribution in [2.45, 2.75) is 25.9 Å². The van der Waals surface area contributed by atoms with E-state index < -0.39 is 0 Å². The number of hydrogen-bond donors (Lipinski definition) is 2. The number of carbonyl (C=O) groups is 1. The van der Waals surface area contributed by atoms with E-state index in [4.69, 9.17) is 0 Å². The summed E-state index contributed by atoms with van der Waals surface area (Å²) in [6, 6.07) is 0. The van der Waals surface area contributed by atoms with Gasteiger partial charge in [-0.3, -0.25) is 4.79 Å². The lowest BCUT2D eigenvalue weighted by Gasteiger charge is -2.32. The fraction of sp³-hybridized carbons (Fsp3) is 0.909. The molecule has 1 amide bonds. The molecule has 0 aromatic heterocycles. The number of aliphatic hydroxyl groups is 1. The first kappa shape index (κ1) is 10.9. The molecule has 4 nitrogen and oxygen atoms in total. The zero-order valence-corrected chi connectivity index (χ0v) is 9.28. The van der Waals surface area contributed by atoms with E-state index in [1.54, 1.807) is 0 Å². The van der Waals surface area contributed by atoms with Gasteiger partial charge in [0.15, 0.2) is 0 Å². The SMILES string of the molecule is C[C@@H]1CNC[C@H]1C(=O)N1CCCC(O)C1. The van der Waals surface area contributed by atoms with Crippen LogP contribution in [-0.4, -0.2) is 48.2 Å². The Morgan fingerprint density at radius 2 is 2.27 bits per heavy atom. The van der Waals surface area contributed by atoms with Crippen LogP contribution in [0.5, 0.6) is 0 Å². The zero-order chi connectivity index (χ0) is 10.8. The Bertz CT molecular complexity index is 245. The number of carbonyl (C=O) groups excluding carboxylic acids is 1. The maximum Gasteiger partial charge on any atom is 0.227 e. The molecule has 15 heavy (non-hydrogen) atoms. The molecule has 0 aromatic rings. The van der Waals surface area contributed by atoms with Gasteiger partial charge < -0.3 is 15.3 Å². The zero-order valence-electron chi connectivity index (χ0n) is 9.28. The second-order valence-corrected chi connectivity index (χ2v) is 4.82. The molecule has 0 saturated carbocycles. The fourth-order valence-electron chi connectivity index (χ4n) is 2.53. The van der Waals surface area contributed by atoms with Crippen molar-refractivity contribution in [1.82, 2.24) is 10.2 Å². The van der Waals surface area contributed by atoms with E-state index in [0.717, 1.165) is 32.5 Å². The van der Waals surface area contributed by atoms with E-state index in [2.05, 4.69) is 12.2 Å². The number of aliphatic hydroxyl groups excluding tert-OH is 1. The predicted octanol–water partition coefficient (Wildman–Crippen LogP) is -0.175. The van der Waals surface area contributed by atoms with Gasteiger partial charge in [0, 0.05) is 19.6 Å². The predicted molar refractivity (Wildman–Crippen MR) is 57.3 cm³/mol. The highest BCUT2D eigenvalue weighted by molar-refractivity contribution is 5.79. The highest BCUT2D eigenvalue weighted by Crippen LogP contribution is 2.21. The maximum atomic E-state index is 12.1. The highest BCUT2D eigenvalue weighted by Gasteiger charge is 2.34. The molecule has 2 aliphatic heterocycles. The molecule has 1 unspecified atom stereocenters. The van der Waals surface area contributed by atoms with Gasteiger partial charge in [-0.05, 0) is 25.3 Å². The summed E-state index contributed by atoms with van der Waals surface area (Å²) >= 11 is 0. The van der Waals surface area contributed by atoms with Crippen LogP contribution in [0.2, 0.25) is 0 Å². The molecule has 0 bridgehead atoms. The van der Waals surface area contributed by atoms with Crippen LogP contribution in [0.25, 0.3) is 0 Å². The molecule has 4 heteroatoms. The van der Waals surface area contributed by atoms with Crippen molar-refractivity contribution in [3.05, 3.63) is 0 Å². The summed E-state index contributed by atoms with van der Waals surface area (Å²) in [4.78, 5) is 14.0. The van der Waals surface area contributed by atoms with Gasteiger partial charge in [0.1, 0.15) is 0 Å². The number of nitrogens with zero attached hydrogens (tertiary/aromatic N) is 1. The Kier molecular flexibility index (Phi) is 3.26. The molecule has 3 atom stereocenters. The van der Waals surface area contributed by atoms with Gasteiger partial charge in [-0.2, -0.15) is 0 Å². The lowest BCUT2D eigenvalue weighted by molar-refractivity contribution is -0.139. The molecular weight excluding hydrogens is 192 g/mol. The summed E-state index contributed by atoms with van der Waals surface area (Å²) in [7, 11) is 0. The number of hydrogen-bond acceptors (Lipinski definition) is 3. The summed E-state index contributed by atoms with van der Waals surface area (Å²) < 4.78 is 0. The minimum atomic E-state index is -0.313. The first-order chi connectivity index (χ1) is 7.18. The summed E-state index contributed by atoms with van der Waals surface area (Å²) in [5, 5.41) is 12.8. The third-order valence-electron chi connectivity index (χ3n) is 3.54. The molecule has 0 aromatic carbocycles. The van der Waals surface area contributed by atoms with Crippen LogP contribution in [0.15, 0.2) is 0 Å². The van der Waals surface area contributed by atoms with E-state index in [0.29, 0.717) is 12.5 Å². The molecule has 2 fully saturated rings. The van der Waals surface area contributed by atoms with Gasteiger partial charge in [-0.1, -0.05) is 6.92 Å². The van der Waals surface area contributed by atoms with Crippen LogP contribution in [0.1, 0.15) is 19.8 Å². The first-order valence-corrected chi connectivity index (χ1v) is 5.86. The largest absolute Gasteiger partial charge is 0.391 e. The third-order valence-corrected chi connectivity index (χ3v) is 3.54. The number of amides is 1. The van der Waals surface area contributed by atoms with Crippen molar-refractivity contribution in [1.29, 1.82) is 0 Å². The average molecular weight is 212 g/mol. The monoisotopic (exact) mass is 212 g/mol. The van der Waals surface area contributed by atoms with Crippen LogP contribution >= 0.6 is 0 Å². The number of β-amino-alcohol motifs (C(OH)–C–C–N with tert-alkyl or cyclic N) is 1. The molecule has 0 radical (unpaired) electrons. The van der Waals surface area contributed by atoms with Gasteiger partial charge in [0.2, 0.25) is 5.91 Å². The summed E-state index contributed by atoms with van der Waals surface area (Å²) in [5.74, 6) is 0.776. The molecule has 2 rings (SSSR count). The highest BCUT2D eigenvalue weighted by atomic mass is 16.3. The second kappa shape index (κ2) is 4.49. The number of rotatable bonds is 1. The molecule has 0 spiro atoms. The third kappa shape index (κ3) is 2.32. The fourth-order valence-corrected chi connectivity index (χ4v) is 2.53. The molecule has 2 N–H and O–H groups in total. The van der Waals surface area contributed by atoms with Gasteiger partial charge in [0.25, 0.3) is 0 Å². The van der Waals surface area contributed by atoms with Crippen LogP contribution in [0, 0.1) is 11.8 Å². The first-order valence-electron chi connectivity index (χ1n) is 5.86. The Morgan fingerprint density at radius 3 is 2.87 bits per heavy atom.